The number of amides is 1. The zero-order valence-corrected chi connectivity index (χ0v) is 11.6. The van der Waals surface area contributed by atoms with Crippen molar-refractivity contribution in [2.75, 3.05) is 5.32 Å². The Labute approximate surface area is 114 Å². The first-order chi connectivity index (χ1) is 8.98. The van der Waals surface area contributed by atoms with Gasteiger partial charge < -0.3 is 10.4 Å². The quantitative estimate of drug-likeness (QED) is 0.814. The van der Waals surface area contributed by atoms with Gasteiger partial charge in [-0.2, -0.15) is 0 Å². The molecule has 1 fully saturated rings. The van der Waals surface area contributed by atoms with Crippen molar-refractivity contribution in [3.63, 3.8) is 0 Å². The van der Waals surface area contributed by atoms with E-state index in [0.29, 0.717) is 5.92 Å². The van der Waals surface area contributed by atoms with Gasteiger partial charge in [0.2, 0.25) is 5.91 Å². The summed E-state index contributed by atoms with van der Waals surface area (Å²) in [6.07, 6.45) is 3.75. The van der Waals surface area contributed by atoms with Gasteiger partial charge in [0.15, 0.2) is 0 Å². The molecule has 19 heavy (non-hydrogen) atoms. The predicted molar refractivity (Wildman–Crippen MR) is 75.3 cm³/mol. The molecule has 1 aromatic carbocycles. The number of carbonyl (C=O) groups is 1. The van der Waals surface area contributed by atoms with Crippen LogP contribution in [-0.4, -0.2) is 17.1 Å². The lowest BCUT2D eigenvalue weighted by atomic mass is 9.79. The lowest BCUT2D eigenvalue weighted by Crippen LogP contribution is -2.27. The molecule has 1 aliphatic heterocycles. The second-order valence-corrected chi connectivity index (χ2v) is 6.39. The largest absolute Gasteiger partial charge is 0.393 e. The van der Waals surface area contributed by atoms with Crippen LogP contribution in [0.4, 0.5) is 5.69 Å². The molecule has 0 bridgehead atoms. The summed E-state index contributed by atoms with van der Waals surface area (Å²) in [5, 5.41) is 12.5. The molecule has 3 nitrogen and oxygen atoms in total. The van der Waals surface area contributed by atoms with Crippen LogP contribution in [0.25, 0.3) is 0 Å². The number of anilines is 1. The van der Waals surface area contributed by atoms with Crippen LogP contribution in [0.15, 0.2) is 18.2 Å². The van der Waals surface area contributed by atoms with Gasteiger partial charge in [0.25, 0.3) is 0 Å². The van der Waals surface area contributed by atoms with Gasteiger partial charge in [-0.15, -0.1) is 0 Å². The SMILES string of the molecule is CC1(C)C(=O)Nc2ccc(C3CCC(O)CC3)cc21. The van der Waals surface area contributed by atoms with Crippen molar-refractivity contribution in [1.82, 2.24) is 0 Å². The third-order valence-electron chi connectivity index (χ3n) is 4.70. The minimum absolute atomic E-state index is 0.0821. The summed E-state index contributed by atoms with van der Waals surface area (Å²) >= 11 is 0. The highest BCUT2D eigenvalue weighted by Crippen LogP contribution is 2.41. The van der Waals surface area contributed by atoms with E-state index in [2.05, 4.69) is 17.4 Å². The van der Waals surface area contributed by atoms with Gasteiger partial charge in [-0.05, 0) is 62.6 Å². The molecule has 0 unspecified atom stereocenters. The smallest absolute Gasteiger partial charge is 0.234 e. The molecule has 1 heterocycles. The van der Waals surface area contributed by atoms with Crippen LogP contribution in [0.3, 0.4) is 0 Å². The molecule has 0 radical (unpaired) electrons. The molecule has 0 aromatic heterocycles. The average Bonchev–Trinajstić information content (AvgIpc) is 2.61. The van der Waals surface area contributed by atoms with Gasteiger partial charge in [0.1, 0.15) is 0 Å². The van der Waals surface area contributed by atoms with E-state index >= 15 is 0 Å². The van der Waals surface area contributed by atoms with Gasteiger partial charge in [-0.1, -0.05) is 12.1 Å². The van der Waals surface area contributed by atoms with E-state index in [1.165, 1.54) is 5.56 Å². The second-order valence-electron chi connectivity index (χ2n) is 6.39. The normalized spacial score (nSPS) is 28.9. The molecule has 0 atom stereocenters. The number of rotatable bonds is 1. The highest BCUT2D eigenvalue weighted by atomic mass is 16.3. The number of carbonyl (C=O) groups excluding carboxylic acids is 1. The summed E-state index contributed by atoms with van der Waals surface area (Å²) < 4.78 is 0. The number of nitrogens with one attached hydrogen (secondary N) is 1. The average molecular weight is 259 g/mol. The Hall–Kier alpha value is -1.35. The van der Waals surface area contributed by atoms with E-state index in [-0.39, 0.29) is 12.0 Å². The molecule has 3 heteroatoms. The first-order valence-corrected chi connectivity index (χ1v) is 7.12. The molecule has 0 spiro atoms. The number of hydrogen-bond acceptors (Lipinski definition) is 2. The number of aliphatic hydroxyl groups is 1. The van der Waals surface area contributed by atoms with Crippen LogP contribution in [0.2, 0.25) is 0 Å². The van der Waals surface area contributed by atoms with Crippen LogP contribution in [0.1, 0.15) is 56.6 Å². The highest BCUT2D eigenvalue weighted by Gasteiger charge is 2.38. The van der Waals surface area contributed by atoms with E-state index in [1.54, 1.807) is 0 Å². The fraction of sp³-hybridized carbons (Fsp3) is 0.562. The molecule has 3 rings (SSSR count). The summed E-state index contributed by atoms with van der Waals surface area (Å²) in [6.45, 7) is 3.95. The molecule has 1 saturated carbocycles. The maximum atomic E-state index is 11.9. The Morgan fingerprint density at radius 1 is 1.21 bits per heavy atom. The summed E-state index contributed by atoms with van der Waals surface area (Å²) in [5.74, 6) is 0.610. The Morgan fingerprint density at radius 2 is 1.89 bits per heavy atom. The lowest BCUT2D eigenvalue weighted by molar-refractivity contribution is -0.119. The molecule has 1 aliphatic carbocycles. The molecule has 0 saturated heterocycles. The molecule has 1 amide bonds. The van der Waals surface area contributed by atoms with Crippen LogP contribution >= 0.6 is 0 Å². The fourth-order valence-electron chi connectivity index (χ4n) is 3.25. The number of benzene rings is 1. The van der Waals surface area contributed by atoms with E-state index in [0.717, 1.165) is 36.9 Å². The van der Waals surface area contributed by atoms with Gasteiger partial charge in [0, 0.05) is 5.69 Å². The van der Waals surface area contributed by atoms with Crippen molar-refractivity contribution in [1.29, 1.82) is 0 Å². The van der Waals surface area contributed by atoms with Gasteiger partial charge in [-0.25, -0.2) is 0 Å². The van der Waals surface area contributed by atoms with E-state index in [1.807, 2.05) is 19.9 Å². The van der Waals surface area contributed by atoms with Crippen LogP contribution < -0.4 is 5.32 Å². The fourth-order valence-corrected chi connectivity index (χ4v) is 3.25. The number of aliphatic hydroxyl groups excluding tert-OH is 1. The summed E-state index contributed by atoms with van der Waals surface area (Å²) in [5.41, 5.74) is 2.95. The first kappa shape index (κ1) is 12.7. The highest BCUT2D eigenvalue weighted by molar-refractivity contribution is 6.05. The third-order valence-corrected chi connectivity index (χ3v) is 4.70. The molecular formula is C16H21NO2. The van der Waals surface area contributed by atoms with Gasteiger partial charge in [0.05, 0.1) is 11.5 Å². The monoisotopic (exact) mass is 259 g/mol. The van der Waals surface area contributed by atoms with Crippen molar-refractivity contribution in [2.24, 2.45) is 0 Å². The van der Waals surface area contributed by atoms with Crippen molar-refractivity contribution < 1.29 is 9.90 Å². The minimum Gasteiger partial charge on any atom is -0.393 e. The predicted octanol–water partition coefficient (Wildman–Crippen LogP) is 2.93. The summed E-state index contributed by atoms with van der Waals surface area (Å²) in [4.78, 5) is 11.9. The molecular weight excluding hydrogens is 238 g/mol. The summed E-state index contributed by atoms with van der Waals surface area (Å²) in [7, 11) is 0. The van der Waals surface area contributed by atoms with Crippen molar-refractivity contribution >= 4 is 11.6 Å². The lowest BCUT2D eigenvalue weighted by Gasteiger charge is -2.26. The Morgan fingerprint density at radius 3 is 2.58 bits per heavy atom. The molecule has 2 N–H and O–H groups in total. The zero-order chi connectivity index (χ0) is 13.6. The maximum absolute atomic E-state index is 11.9. The maximum Gasteiger partial charge on any atom is 0.234 e. The Balaban J connectivity index is 1.90. The third kappa shape index (κ3) is 2.06. The standard InChI is InChI=1S/C16H21NO2/c1-16(2)13-9-11(5-8-14(13)17-15(16)19)10-3-6-12(18)7-4-10/h5,8-10,12,18H,3-4,6-7H2,1-2H3,(H,17,19). The van der Waals surface area contributed by atoms with E-state index < -0.39 is 5.41 Å². The molecule has 2 aliphatic rings. The Kier molecular flexibility index (Phi) is 2.90. The Bertz CT molecular complexity index is 513. The van der Waals surface area contributed by atoms with Crippen LogP contribution in [-0.2, 0) is 10.2 Å². The van der Waals surface area contributed by atoms with Gasteiger partial charge in [-0.3, -0.25) is 4.79 Å². The van der Waals surface area contributed by atoms with Crippen molar-refractivity contribution in [3.05, 3.63) is 29.3 Å². The molecule has 1 aromatic rings. The summed E-state index contributed by atoms with van der Waals surface area (Å²) in [6, 6.07) is 6.35. The number of hydrogen-bond donors (Lipinski definition) is 2. The van der Waals surface area contributed by atoms with Crippen LogP contribution in [0.5, 0.6) is 0 Å². The second kappa shape index (κ2) is 4.34. The van der Waals surface area contributed by atoms with Gasteiger partial charge >= 0.3 is 0 Å². The first-order valence-electron chi connectivity index (χ1n) is 7.12. The molecule has 102 valence electrons. The minimum atomic E-state index is -0.431. The number of fused-ring (bicyclic) bond motifs is 1. The van der Waals surface area contributed by atoms with E-state index in [9.17, 15) is 9.90 Å². The van der Waals surface area contributed by atoms with E-state index in [4.69, 9.17) is 0 Å². The van der Waals surface area contributed by atoms with Crippen molar-refractivity contribution in [2.45, 2.75) is 57.0 Å². The zero-order valence-electron chi connectivity index (χ0n) is 11.6. The van der Waals surface area contributed by atoms with Crippen LogP contribution in [0, 0.1) is 0 Å². The topological polar surface area (TPSA) is 49.3 Å². The van der Waals surface area contributed by atoms with Crippen molar-refractivity contribution in [3.8, 4) is 0 Å².